The lowest BCUT2D eigenvalue weighted by Crippen LogP contribution is -2.32. The molecule has 1 aromatic heterocycles. The van der Waals surface area contributed by atoms with Crippen LogP contribution < -0.4 is 5.32 Å². The molecule has 1 saturated heterocycles. The van der Waals surface area contributed by atoms with E-state index in [-0.39, 0.29) is 5.91 Å². The molecule has 1 aliphatic rings. The molecular formula is C16H27N3O2. The van der Waals surface area contributed by atoms with Crippen LogP contribution in [0.1, 0.15) is 49.3 Å². The maximum absolute atomic E-state index is 12.2. The van der Waals surface area contributed by atoms with Gasteiger partial charge in [-0.05, 0) is 31.7 Å². The summed E-state index contributed by atoms with van der Waals surface area (Å²) in [5, 5.41) is 2.99. The number of amides is 1. The normalized spacial score (nSPS) is 19.4. The molecule has 5 nitrogen and oxygen atoms in total. The van der Waals surface area contributed by atoms with Crippen molar-refractivity contribution in [2.24, 2.45) is 11.8 Å². The van der Waals surface area contributed by atoms with Crippen LogP contribution in [0.4, 0.5) is 0 Å². The molecule has 0 unspecified atom stereocenters. The fourth-order valence-electron chi connectivity index (χ4n) is 2.89. The molecule has 5 heteroatoms. The van der Waals surface area contributed by atoms with E-state index in [0.29, 0.717) is 35.6 Å². The van der Waals surface area contributed by atoms with E-state index in [9.17, 15) is 4.79 Å². The molecule has 1 N–H and O–H groups in total. The van der Waals surface area contributed by atoms with E-state index < -0.39 is 0 Å². The lowest BCUT2D eigenvalue weighted by molar-refractivity contribution is 0.0917. The van der Waals surface area contributed by atoms with Gasteiger partial charge in [0.25, 0.3) is 5.91 Å². The Balaban J connectivity index is 1.80. The van der Waals surface area contributed by atoms with Gasteiger partial charge in [0.05, 0.1) is 5.69 Å². The molecule has 0 saturated carbocycles. The topological polar surface area (TPSA) is 58.4 Å². The number of aromatic nitrogens is 1. The Hall–Kier alpha value is -1.36. The minimum atomic E-state index is -0.137. The number of carbonyl (C=O) groups is 1. The van der Waals surface area contributed by atoms with Gasteiger partial charge in [0.1, 0.15) is 0 Å². The van der Waals surface area contributed by atoms with Crippen molar-refractivity contribution in [3.63, 3.8) is 0 Å². The van der Waals surface area contributed by atoms with Gasteiger partial charge in [-0.2, -0.15) is 0 Å². The quantitative estimate of drug-likeness (QED) is 0.874. The molecular weight excluding hydrogens is 266 g/mol. The first-order valence-corrected chi connectivity index (χ1v) is 7.96. The van der Waals surface area contributed by atoms with Gasteiger partial charge in [-0.1, -0.05) is 20.8 Å². The Morgan fingerprint density at radius 1 is 1.52 bits per heavy atom. The van der Waals surface area contributed by atoms with Gasteiger partial charge in [-0.15, -0.1) is 0 Å². The van der Waals surface area contributed by atoms with Crippen molar-refractivity contribution in [3.8, 4) is 0 Å². The summed E-state index contributed by atoms with van der Waals surface area (Å²) in [6.07, 6.45) is 1.86. The van der Waals surface area contributed by atoms with Crippen molar-refractivity contribution in [2.75, 3.05) is 26.2 Å². The van der Waals surface area contributed by atoms with Crippen LogP contribution in [-0.4, -0.2) is 42.0 Å². The fraction of sp³-hybridized carbons (Fsp3) is 0.750. The number of likely N-dealkylation sites (tertiary alicyclic amines) is 1. The minimum Gasteiger partial charge on any atom is -0.435 e. The van der Waals surface area contributed by atoms with Crippen LogP contribution in [-0.2, 0) is 6.42 Å². The Morgan fingerprint density at radius 3 is 2.90 bits per heavy atom. The molecule has 21 heavy (non-hydrogen) atoms. The molecule has 1 aliphatic heterocycles. The van der Waals surface area contributed by atoms with Crippen LogP contribution in [0.15, 0.2) is 4.42 Å². The van der Waals surface area contributed by atoms with Crippen molar-refractivity contribution >= 4 is 5.91 Å². The number of aryl methyl sites for hydroxylation is 2. The number of hydrogen-bond acceptors (Lipinski definition) is 4. The van der Waals surface area contributed by atoms with E-state index in [0.717, 1.165) is 32.6 Å². The zero-order valence-electron chi connectivity index (χ0n) is 13.6. The number of carbonyl (C=O) groups excluding carboxylic acids is 1. The first-order chi connectivity index (χ1) is 9.99. The smallest absolute Gasteiger partial charge is 0.289 e. The van der Waals surface area contributed by atoms with E-state index in [1.165, 1.54) is 0 Å². The number of hydrogen-bond donors (Lipinski definition) is 1. The van der Waals surface area contributed by atoms with Crippen LogP contribution in [0.2, 0.25) is 0 Å². The maximum Gasteiger partial charge on any atom is 0.289 e. The number of oxazole rings is 1. The number of nitrogens with one attached hydrogen (secondary N) is 1. The third kappa shape index (κ3) is 4.30. The summed E-state index contributed by atoms with van der Waals surface area (Å²) in [5.41, 5.74) is 0.678. The molecule has 1 aromatic rings. The Labute approximate surface area is 127 Å². The third-order valence-corrected chi connectivity index (χ3v) is 3.89. The molecule has 1 amide bonds. The zero-order chi connectivity index (χ0) is 15.4. The molecule has 1 fully saturated rings. The minimum absolute atomic E-state index is 0.137. The van der Waals surface area contributed by atoms with Gasteiger partial charge in [-0.25, -0.2) is 4.98 Å². The van der Waals surface area contributed by atoms with E-state index >= 15 is 0 Å². The SMILES string of the molecule is CCc1nc(C)c(C(=O)NC[C@H]2CCN(CC(C)C)C2)o1. The Kier molecular flexibility index (Phi) is 5.39. The summed E-state index contributed by atoms with van der Waals surface area (Å²) < 4.78 is 5.48. The average molecular weight is 293 g/mol. The first kappa shape index (κ1) is 16.0. The van der Waals surface area contributed by atoms with Crippen molar-refractivity contribution in [2.45, 2.75) is 40.5 Å². The lowest BCUT2D eigenvalue weighted by Gasteiger charge is -2.18. The summed E-state index contributed by atoms with van der Waals surface area (Å²) in [6, 6.07) is 0. The molecule has 0 aromatic carbocycles. The van der Waals surface area contributed by atoms with E-state index in [1.54, 1.807) is 0 Å². The van der Waals surface area contributed by atoms with Crippen LogP contribution in [0, 0.1) is 18.8 Å². The zero-order valence-corrected chi connectivity index (χ0v) is 13.6. The van der Waals surface area contributed by atoms with Crippen LogP contribution in [0.5, 0.6) is 0 Å². The molecule has 0 aliphatic carbocycles. The highest BCUT2D eigenvalue weighted by atomic mass is 16.4. The third-order valence-electron chi connectivity index (χ3n) is 3.89. The Morgan fingerprint density at radius 2 is 2.29 bits per heavy atom. The average Bonchev–Trinajstić information content (AvgIpc) is 3.02. The summed E-state index contributed by atoms with van der Waals surface area (Å²) in [5.74, 6) is 2.09. The predicted octanol–water partition coefficient (Wildman–Crippen LogP) is 2.25. The van der Waals surface area contributed by atoms with Gasteiger partial charge in [-0.3, -0.25) is 4.79 Å². The van der Waals surface area contributed by atoms with Gasteiger partial charge in [0.15, 0.2) is 5.89 Å². The predicted molar refractivity (Wildman–Crippen MR) is 82.3 cm³/mol. The molecule has 118 valence electrons. The molecule has 2 heterocycles. The molecule has 2 rings (SSSR count). The summed E-state index contributed by atoms with van der Waals surface area (Å²) in [4.78, 5) is 18.9. The summed E-state index contributed by atoms with van der Waals surface area (Å²) in [7, 11) is 0. The molecule has 0 bridgehead atoms. The Bertz CT molecular complexity index is 482. The number of rotatable bonds is 6. The summed E-state index contributed by atoms with van der Waals surface area (Å²) >= 11 is 0. The van der Waals surface area contributed by atoms with Gasteiger partial charge >= 0.3 is 0 Å². The first-order valence-electron chi connectivity index (χ1n) is 7.96. The van der Waals surface area contributed by atoms with Crippen LogP contribution in [0.25, 0.3) is 0 Å². The monoisotopic (exact) mass is 293 g/mol. The highest BCUT2D eigenvalue weighted by Crippen LogP contribution is 2.17. The standard InChI is InChI=1S/C16H27N3O2/c1-5-14-18-12(4)15(21-14)16(20)17-8-13-6-7-19(10-13)9-11(2)3/h11,13H,5-10H2,1-4H3,(H,17,20)/t13-/m1/s1. The second-order valence-corrected chi connectivity index (χ2v) is 6.39. The molecule has 1 atom stereocenters. The van der Waals surface area contributed by atoms with Crippen molar-refractivity contribution < 1.29 is 9.21 Å². The summed E-state index contributed by atoms with van der Waals surface area (Å²) in [6.45, 7) is 12.3. The maximum atomic E-state index is 12.2. The van der Waals surface area contributed by atoms with Crippen molar-refractivity contribution in [3.05, 3.63) is 17.3 Å². The van der Waals surface area contributed by atoms with Gasteiger partial charge in [0.2, 0.25) is 5.76 Å². The second kappa shape index (κ2) is 7.07. The van der Waals surface area contributed by atoms with Crippen LogP contribution >= 0.6 is 0 Å². The number of nitrogens with zero attached hydrogens (tertiary/aromatic N) is 2. The van der Waals surface area contributed by atoms with Gasteiger partial charge < -0.3 is 14.6 Å². The fourth-order valence-corrected chi connectivity index (χ4v) is 2.89. The molecule has 0 spiro atoms. The second-order valence-electron chi connectivity index (χ2n) is 6.39. The molecule has 0 radical (unpaired) electrons. The highest BCUT2D eigenvalue weighted by Gasteiger charge is 2.24. The van der Waals surface area contributed by atoms with Gasteiger partial charge in [0, 0.05) is 26.1 Å². The van der Waals surface area contributed by atoms with Crippen LogP contribution in [0.3, 0.4) is 0 Å². The van der Waals surface area contributed by atoms with Crippen molar-refractivity contribution in [1.29, 1.82) is 0 Å². The largest absolute Gasteiger partial charge is 0.435 e. The highest BCUT2D eigenvalue weighted by molar-refractivity contribution is 5.92. The van der Waals surface area contributed by atoms with E-state index in [1.807, 2.05) is 13.8 Å². The van der Waals surface area contributed by atoms with E-state index in [4.69, 9.17) is 4.42 Å². The van der Waals surface area contributed by atoms with Crippen molar-refractivity contribution in [1.82, 2.24) is 15.2 Å². The van der Waals surface area contributed by atoms with E-state index in [2.05, 4.69) is 29.0 Å². The lowest BCUT2D eigenvalue weighted by atomic mass is 10.1.